The molecule has 0 spiro atoms. The van der Waals surface area contributed by atoms with E-state index >= 15 is 0 Å². The van der Waals surface area contributed by atoms with E-state index in [-0.39, 0.29) is 5.91 Å². The molecule has 1 rings (SSSR count). The Morgan fingerprint density at radius 3 is 2.82 bits per heavy atom. The van der Waals surface area contributed by atoms with Gasteiger partial charge in [-0.25, -0.2) is 0 Å². The molecular formula is C11H19N3OS2. The highest BCUT2D eigenvalue weighted by atomic mass is 32.2. The van der Waals surface area contributed by atoms with Crippen LogP contribution < -0.4 is 5.32 Å². The van der Waals surface area contributed by atoms with E-state index < -0.39 is 0 Å². The van der Waals surface area contributed by atoms with Crippen molar-refractivity contribution in [1.82, 2.24) is 9.36 Å². The van der Waals surface area contributed by atoms with Gasteiger partial charge in [0, 0.05) is 24.2 Å². The second-order valence-corrected chi connectivity index (χ2v) is 5.64. The third kappa shape index (κ3) is 6.63. The summed E-state index contributed by atoms with van der Waals surface area (Å²) in [7, 11) is 0. The second kappa shape index (κ2) is 8.47. The van der Waals surface area contributed by atoms with E-state index in [2.05, 4.69) is 21.6 Å². The maximum absolute atomic E-state index is 10.8. The zero-order chi connectivity index (χ0) is 12.5. The lowest BCUT2D eigenvalue weighted by Gasteiger charge is -1.97. The van der Waals surface area contributed by atoms with Crippen LogP contribution in [0, 0.1) is 0 Å². The lowest BCUT2D eigenvalue weighted by Crippen LogP contribution is -2.04. The third-order valence-corrected chi connectivity index (χ3v) is 3.85. The molecule has 0 aliphatic rings. The molecule has 0 fully saturated rings. The Kier molecular flexibility index (Phi) is 7.19. The minimum absolute atomic E-state index is 0.0998. The molecule has 0 bridgehead atoms. The van der Waals surface area contributed by atoms with Crippen LogP contribution in [0.2, 0.25) is 0 Å². The van der Waals surface area contributed by atoms with Gasteiger partial charge in [-0.15, -0.1) is 0 Å². The highest BCUT2D eigenvalue weighted by molar-refractivity contribution is 7.99. The predicted molar refractivity (Wildman–Crippen MR) is 73.7 cm³/mol. The van der Waals surface area contributed by atoms with Crippen molar-refractivity contribution in [2.45, 2.75) is 51.1 Å². The summed E-state index contributed by atoms with van der Waals surface area (Å²) in [5, 5.41) is 4.00. The van der Waals surface area contributed by atoms with Crippen LogP contribution in [-0.2, 0) is 4.79 Å². The van der Waals surface area contributed by atoms with Crippen LogP contribution in [0.3, 0.4) is 0 Å². The maximum Gasteiger partial charge on any atom is 0.223 e. The Morgan fingerprint density at radius 1 is 1.35 bits per heavy atom. The SMILES string of the molecule is CCCCCCCSc1nsc(NC(C)=O)n1. The molecule has 0 saturated heterocycles. The minimum Gasteiger partial charge on any atom is -0.301 e. The van der Waals surface area contributed by atoms with E-state index in [4.69, 9.17) is 0 Å². The molecule has 6 heteroatoms. The summed E-state index contributed by atoms with van der Waals surface area (Å²) in [6.07, 6.45) is 6.41. The van der Waals surface area contributed by atoms with Crippen LogP contribution in [0.25, 0.3) is 0 Å². The molecule has 1 heterocycles. The third-order valence-electron chi connectivity index (χ3n) is 2.17. The molecule has 1 aromatic rings. The second-order valence-electron chi connectivity index (χ2n) is 3.83. The molecule has 0 aromatic carbocycles. The molecule has 17 heavy (non-hydrogen) atoms. The fourth-order valence-corrected chi connectivity index (χ4v) is 2.93. The zero-order valence-corrected chi connectivity index (χ0v) is 12.0. The summed E-state index contributed by atoms with van der Waals surface area (Å²) < 4.78 is 4.18. The Bertz CT molecular complexity index is 341. The van der Waals surface area contributed by atoms with Crippen LogP contribution in [0.5, 0.6) is 0 Å². The van der Waals surface area contributed by atoms with E-state index in [1.165, 1.54) is 50.6 Å². The number of thioether (sulfide) groups is 1. The van der Waals surface area contributed by atoms with Crippen LogP contribution in [0.1, 0.15) is 46.0 Å². The first kappa shape index (κ1) is 14.4. The van der Waals surface area contributed by atoms with Crippen molar-refractivity contribution in [1.29, 1.82) is 0 Å². The molecule has 96 valence electrons. The molecule has 1 aromatic heterocycles. The molecule has 0 saturated carbocycles. The molecule has 4 nitrogen and oxygen atoms in total. The van der Waals surface area contributed by atoms with Gasteiger partial charge < -0.3 is 5.32 Å². The topological polar surface area (TPSA) is 54.9 Å². The summed E-state index contributed by atoms with van der Waals surface area (Å²) in [5.74, 6) is 0.956. The first-order valence-electron chi connectivity index (χ1n) is 5.96. The van der Waals surface area contributed by atoms with Gasteiger partial charge in [0.1, 0.15) is 0 Å². The molecular weight excluding hydrogens is 254 g/mol. The molecule has 0 radical (unpaired) electrons. The van der Waals surface area contributed by atoms with Crippen LogP contribution in [0.4, 0.5) is 5.13 Å². The fraction of sp³-hybridized carbons (Fsp3) is 0.727. The zero-order valence-electron chi connectivity index (χ0n) is 10.4. The van der Waals surface area contributed by atoms with Crippen LogP contribution in [0.15, 0.2) is 5.16 Å². The number of hydrogen-bond donors (Lipinski definition) is 1. The van der Waals surface area contributed by atoms with E-state index in [1.807, 2.05) is 0 Å². The number of carbonyl (C=O) groups excluding carboxylic acids is 1. The van der Waals surface area contributed by atoms with E-state index in [1.54, 1.807) is 11.8 Å². The van der Waals surface area contributed by atoms with Crippen molar-refractivity contribution in [3.8, 4) is 0 Å². The number of nitrogens with zero attached hydrogens (tertiary/aromatic N) is 2. The smallest absolute Gasteiger partial charge is 0.223 e. The number of nitrogens with one attached hydrogen (secondary N) is 1. The Hall–Kier alpha value is -0.620. The normalized spacial score (nSPS) is 10.5. The Labute approximate surface area is 111 Å². The van der Waals surface area contributed by atoms with Gasteiger partial charge in [-0.05, 0) is 6.42 Å². The first-order valence-corrected chi connectivity index (χ1v) is 7.72. The van der Waals surface area contributed by atoms with Crippen molar-refractivity contribution in [2.75, 3.05) is 11.1 Å². The van der Waals surface area contributed by atoms with E-state index in [9.17, 15) is 4.79 Å². The van der Waals surface area contributed by atoms with Crippen molar-refractivity contribution in [2.24, 2.45) is 0 Å². The van der Waals surface area contributed by atoms with Crippen LogP contribution in [-0.4, -0.2) is 21.0 Å². The number of carbonyl (C=O) groups is 1. The lowest BCUT2D eigenvalue weighted by atomic mass is 10.2. The summed E-state index contributed by atoms with van der Waals surface area (Å²) in [5.41, 5.74) is 0. The van der Waals surface area contributed by atoms with Crippen molar-refractivity contribution < 1.29 is 4.79 Å². The predicted octanol–water partition coefficient (Wildman–Crippen LogP) is 3.56. The van der Waals surface area contributed by atoms with Crippen molar-refractivity contribution in [3.63, 3.8) is 0 Å². The Morgan fingerprint density at radius 2 is 2.12 bits per heavy atom. The fourth-order valence-electron chi connectivity index (χ4n) is 1.34. The number of aromatic nitrogens is 2. The molecule has 0 unspecified atom stereocenters. The van der Waals surface area contributed by atoms with Gasteiger partial charge >= 0.3 is 0 Å². The number of anilines is 1. The average Bonchev–Trinajstić information content (AvgIpc) is 2.70. The number of amides is 1. The van der Waals surface area contributed by atoms with Gasteiger partial charge in [-0.1, -0.05) is 44.4 Å². The number of rotatable bonds is 8. The van der Waals surface area contributed by atoms with Gasteiger partial charge in [-0.2, -0.15) is 9.36 Å². The molecule has 1 N–H and O–H groups in total. The maximum atomic E-state index is 10.8. The summed E-state index contributed by atoms with van der Waals surface area (Å²) in [6.45, 7) is 3.69. The summed E-state index contributed by atoms with van der Waals surface area (Å²) in [6, 6.07) is 0. The van der Waals surface area contributed by atoms with Crippen molar-refractivity contribution in [3.05, 3.63) is 0 Å². The Balaban J connectivity index is 2.14. The van der Waals surface area contributed by atoms with E-state index in [0.717, 1.165) is 10.9 Å². The highest BCUT2D eigenvalue weighted by Gasteiger charge is 2.05. The van der Waals surface area contributed by atoms with Gasteiger partial charge in [0.25, 0.3) is 0 Å². The monoisotopic (exact) mass is 273 g/mol. The summed E-state index contributed by atoms with van der Waals surface area (Å²) in [4.78, 5) is 15.0. The van der Waals surface area contributed by atoms with Gasteiger partial charge in [0.2, 0.25) is 16.2 Å². The van der Waals surface area contributed by atoms with Gasteiger partial charge in [0.05, 0.1) is 0 Å². The van der Waals surface area contributed by atoms with Gasteiger partial charge in [-0.3, -0.25) is 4.79 Å². The van der Waals surface area contributed by atoms with E-state index in [0.29, 0.717) is 5.13 Å². The standard InChI is InChI=1S/C11H19N3OS2/c1-3-4-5-6-7-8-16-11-13-10(17-14-11)12-9(2)15/h3-8H2,1-2H3,(H,12,13,14,15). The van der Waals surface area contributed by atoms with Crippen LogP contribution >= 0.6 is 23.3 Å². The molecule has 0 aliphatic carbocycles. The quantitative estimate of drug-likeness (QED) is 0.581. The lowest BCUT2D eigenvalue weighted by molar-refractivity contribution is -0.114. The number of hydrogen-bond acceptors (Lipinski definition) is 5. The summed E-state index contributed by atoms with van der Waals surface area (Å²) >= 11 is 2.90. The van der Waals surface area contributed by atoms with Gasteiger partial charge in [0.15, 0.2) is 0 Å². The van der Waals surface area contributed by atoms with Crippen molar-refractivity contribution >= 4 is 34.3 Å². The largest absolute Gasteiger partial charge is 0.301 e. The molecule has 1 amide bonds. The average molecular weight is 273 g/mol. The first-order chi connectivity index (χ1) is 8.22. The minimum atomic E-state index is -0.0998. The molecule has 0 atom stereocenters. The highest BCUT2D eigenvalue weighted by Crippen LogP contribution is 2.21. The molecule has 0 aliphatic heterocycles. The number of unbranched alkanes of at least 4 members (excludes halogenated alkanes) is 4.